The molecule has 25 heteroatoms. The zero-order valence-corrected chi connectivity index (χ0v) is 44.5. The molecule has 0 aromatic carbocycles. The topological polar surface area (TPSA) is 395 Å². The summed E-state index contributed by atoms with van der Waals surface area (Å²) in [5, 5.41) is 150. The minimum Gasteiger partial charge on any atom is -0.394 e. The summed E-state index contributed by atoms with van der Waals surface area (Å²) >= 11 is 0. The Morgan fingerprint density at radius 3 is 1.52 bits per heavy atom. The van der Waals surface area contributed by atoms with Gasteiger partial charge in [0.1, 0.15) is 97.7 Å². The molecule has 0 aromatic heterocycles. The lowest BCUT2D eigenvalue weighted by Crippen LogP contribution is -2.65. The van der Waals surface area contributed by atoms with Gasteiger partial charge in [-0.25, -0.2) is 0 Å². The van der Waals surface area contributed by atoms with Gasteiger partial charge in [0.2, 0.25) is 5.91 Å². The molecular formula is C52H89NO24. The van der Waals surface area contributed by atoms with E-state index >= 15 is 0 Å². The van der Waals surface area contributed by atoms with Gasteiger partial charge in [0.25, 0.3) is 0 Å². The van der Waals surface area contributed by atoms with E-state index in [1.807, 2.05) is 7.11 Å². The highest BCUT2D eigenvalue weighted by atomic mass is 16.8. The molecule has 4 heterocycles. The van der Waals surface area contributed by atoms with E-state index in [0.29, 0.717) is 47.5 Å². The molecule has 8 rings (SSSR count). The summed E-state index contributed by atoms with van der Waals surface area (Å²) in [6.07, 6.45) is -22.7. The third-order valence-electron chi connectivity index (χ3n) is 19.7. The van der Waals surface area contributed by atoms with Crippen LogP contribution in [0, 0.1) is 46.3 Å². The molecule has 29 atom stereocenters. The maximum Gasteiger partial charge on any atom is 0.220 e. The second-order valence-corrected chi connectivity index (χ2v) is 24.0. The van der Waals surface area contributed by atoms with Crippen molar-refractivity contribution in [2.45, 2.75) is 226 Å². The van der Waals surface area contributed by atoms with Crippen LogP contribution in [0.5, 0.6) is 0 Å². The van der Waals surface area contributed by atoms with E-state index in [4.69, 9.17) is 42.6 Å². The largest absolute Gasteiger partial charge is 0.394 e. The highest BCUT2D eigenvalue weighted by molar-refractivity contribution is 5.76. The molecule has 0 spiro atoms. The lowest BCUT2D eigenvalue weighted by atomic mass is 9.44. The number of methoxy groups -OCH3 is 1. The monoisotopic (exact) mass is 1110 g/mol. The molecule has 1 amide bonds. The van der Waals surface area contributed by atoms with Gasteiger partial charge in [-0.2, -0.15) is 0 Å². The summed E-state index contributed by atoms with van der Waals surface area (Å²) < 4.78 is 51.5. The van der Waals surface area contributed by atoms with Crippen molar-refractivity contribution in [1.29, 1.82) is 0 Å². The van der Waals surface area contributed by atoms with E-state index in [-0.39, 0.29) is 17.8 Å². The predicted molar refractivity (Wildman–Crippen MR) is 261 cm³/mol. The van der Waals surface area contributed by atoms with Crippen LogP contribution in [0.4, 0.5) is 0 Å². The molecule has 446 valence electrons. The van der Waals surface area contributed by atoms with E-state index in [1.165, 1.54) is 32.1 Å². The highest BCUT2D eigenvalue weighted by Gasteiger charge is 2.61. The minimum absolute atomic E-state index is 0.108. The first kappa shape index (κ1) is 61.6. The van der Waals surface area contributed by atoms with Gasteiger partial charge in [-0.1, -0.05) is 20.8 Å². The lowest BCUT2D eigenvalue weighted by molar-refractivity contribution is -0.362. The van der Waals surface area contributed by atoms with Gasteiger partial charge >= 0.3 is 0 Å². The smallest absolute Gasteiger partial charge is 0.220 e. The standard InChI is InChI=1S/C52H89NO24/c1-22(27-8-9-28-26-7-6-23-15-25(69-4)11-13-51(23,2)29(26)12-14-52(27,28)3)5-10-34(58)53-24(20-70-47-43(67)39(63)45(32(18-56)74-47)76-49-41(65)37(61)35(59)30(16-54)72-49)21-71-48-44(68)40(64)46(33(19-57)75-48)77-50-42(66)38(62)36(60)31(17-55)73-50/h22-33,35-50,54-57,59-68H,5-21H2,1-4H3,(H,53,58)/t22-,23-,25-,26+,27-,28+,29+,30+,31+,32+,33+,35+,36+,37-,38-,39+,40+,41+,42+,43+,44+,45+,46+,47+,48+,49+,50+,51+,52-/m1/s1. The lowest BCUT2D eigenvalue weighted by Gasteiger charge is -2.61. The molecule has 4 saturated carbocycles. The average molecular weight is 1110 g/mol. The van der Waals surface area contributed by atoms with Crippen molar-refractivity contribution in [2.75, 3.05) is 46.8 Å². The van der Waals surface area contributed by atoms with Gasteiger partial charge in [0, 0.05) is 13.5 Å². The first-order valence-corrected chi connectivity index (χ1v) is 27.9. The number of aliphatic hydroxyl groups is 14. The van der Waals surface area contributed by atoms with Gasteiger partial charge < -0.3 is 119 Å². The number of aliphatic hydroxyl groups excluding tert-OH is 14. The van der Waals surface area contributed by atoms with Crippen molar-refractivity contribution in [3.63, 3.8) is 0 Å². The Bertz CT molecular complexity index is 1800. The van der Waals surface area contributed by atoms with E-state index in [9.17, 15) is 76.3 Å². The van der Waals surface area contributed by atoms with Crippen LogP contribution in [0.25, 0.3) is 0 Å². The van der Waals surface area contributed by atoms with Crippen molar-refractivity contribution in [3.8, 4) is 0 Å². The molecule has 8 aliphatic rings. The third kappa shape index (κ3) is 12.4. The van der Waals surface area contributed by atoms with E-state index in [2.05, 4.69) is 26.1 Å². The molecular weight excluding hydrogens is 1020 g/mol. The number of hydrogen-bond donors (Lipinski definition) is 15. The van der Waals surface area contributed by atoms with Gasteiger partial charge in [-0.3, -0.25) is 4.79 Å². The summed E-state index contributed by atoms with van der Waals surface area (Å²) in [6, 6.07) is -1.12. The number of ether oxygens (including phenoxy) is 9. The Kier molecular flexibility index (Phi) is 20.8. The first-order valence-electron chi connectivity index (χ1n) is 27.9. The number of carbonyl (C=O) groups is 1. The van der Waals surface area contributed by atoms with Gasteiger partial charge in [-0.05, 0) is 111 Å². The fraction of sp³-hybridized carbons (Fsp3) is 0.981. The number of fused-ring (bicyclic) bond motifs is 5. The van der Waals surface area contributed by atoms with Gasteiger partial charge in [0.05, 0.1) is 51.8 Å². The van der Waals surface area contributed by atoms with Crippen LogP contribution in [0.1, 0.15) is 91.4 Å². The Morgan fingerprint density at radius 2 is 1.03 bits per heavy atom. The Morgan fingerprint density at radius 1 is 0.558 bits per heavy atom. The first-order chi connectivity index (χ1) is 36.6. The maximum atomic E-state index is 14.0. The number of carbonyl (C=O) groups excluding carboxylic acids is 1. The van der Waals surface area contributed by atoms with Crippen molar-refractivity contribution in [1.82, 2.24) is 5.32 Å². The second-order valence-electron chi connectivity index (χ2n) is 24.0. The maximum absolute atomic E-state index is 14.0. The quantitative estimate of drug-likeness (QED) is 0.0550. The molecule has 0 bridgehead atoms. The van der Waals surface area contributed by atoms with E-state index < -0.39 is 174 Å². The van der Waals surface area contributed by atoms with Crippen molar-refractivity contribution >= 4 is 5.91 Å². The molecule has 8 fully saturated rings. The van der Waals surface area contributed by atoms with Crippen molar-refractivity contribution < 1.29 is 119 Å². The second kappa shape index (κ2) is 26.0. The van der Waals surface area contributed by atoms with Crippen molar-refractivity contribution in [3.05, 3.63) is 0 Å². The fourth-order valence-electron chi connectivity index (χ4n) is 15.2. The number of nitrogens with one attached hydrogen (secondary N) is 1. The highest BCUT2D eigenvalue weighted by Crippen LogP contribution is 2.68. The molecule has 15 N–H and O–H groups in total. The zero-order chi connectivity index (χ0) is 55.8. The summed E-state index contributed by atoms with van der Waals surface area (Å²) in [5.74, 6) is 2.90. The molecule has 4 aliphatic carbocycles. The number of rotatable bonds is 20. The summed E-state index contributed by atoms with van der Waals surface area (Å²) in [4.78, 5) is 14.0. The van der Waals surface area contributed by atoms with Crippen LogP contribution in [0.2, 0.25) is 0 Å². The third-order valence-corrected chi connectivity index (χ3v) is 19.7. The number of hydrogen-bond acceptors (Lipinski definition) is 24. The van der Waals surface area contributed by atoms with Crippen LogP contribution in [-0.2, 0) is 47.4 Å². The molecule has 0 radical (unpaired) electrons. The Hall–Kier alpha value is -1.45. The molecule has 0 aromatic rings. The molecule has 4 saturated heterocycles. The summed E-state index contributed by atoms with van der Waals surface area (Å²) in [5.41, 5.74) is 0.470. The van der Waals surface area contributed by atoms with Crippen LogP contribution in [0.3, 0.4) is 0 Å². The van der Waals surface area contributed by atoms with E-state index in [1.54, 1.807) is 0 Å². The SMILES string of the molecule is CO[C@@H]1CC[C@@]2(C)[C@H](CC[C@@H]3[C@@H]2CC[C@]2(C)[C@@H]([C@H](C)CCC(=O)NC(CO[C@H]4O[C@@H](CO)[C@H](O[C@@H]5O[C@@H](CO)[C@H](O)[C@@H](O)[C@@H]5O)[C@@H](O)[C@@H]4O)CO[C@H]4O[C@@H](CO)[C@H](O[C@@H]5O[C@@H](CO)[C@H](O)[C@@H](O)[C@@H]5O)[C@@H](O)[C@@H]4O)CC[C@@H]32)C1. The van der Waals surface area contributed by atoms with Crippen LogP contribution in [-0.4, -0.2) is 259 Å². The minimum atomic E-state index is -1.91. The Labute approximate surface area is 448 Å². The van der Waals surface area contributed by atoms with Crippen LogP contribution >= 0.6 is 0 Å². The van der Waals surface area contributed by atoms with E-state index in [0.717, 1.165) is 25.7 Å². The van der Waals surface area contributed by atoms with Crippen LogP contribution < -0.4 is 5.32 Å². The predicted octanol–water partition coefficient (Wildman–Crippen LogP) is -4.16. The molecule has 25 nitrogen and oxygen atoms in total. The summed E-state index contributed by atoms with van der Waals surface area (Å²) in [7, 11) is 1.83. The molecule has 77 heavy (non-hydrogen) atoms. The number of amides is 1. The zero-order valence-electron chi connectivity index (χ0n) is 44.5. The molecule has 4 aliphatic heterocycles. The van der Waals surface area contributed by atoms with Crippen molar-refractivity contribution in [2.24, 2.45) is 46.3 Å². The van der Waals surface area contributed by atoms with Gasteiger partial charge in [-0.15, -0.1) is 0 Å². The summed E-state index contributed by atoms with van der Waals surface area (Å²) in [6.45, 7) is 3.00. The van der Waals surface area contributed by atoms with Crippen LogP contribution in [0.15, 0.2) is 0 Å². The normalized spacial score (nSPS) is 49.6. The average Bonchev–Trinajstić information content (AvgIpc) is 3.87. The Balaban J connectivity index is 0.916. The fourth-order valence-corrected chi connectivity index (χ4v) is 15.2. The van der Waals surface area contributed by atoms with Gasteiger partial charge in [0.15, 0.2) is 25.2 Å². The molecule has 0 unspecified atom stereocenters.